The predicted molar refractivity (Wildman–Crippen MR) is 39.6 cm³/mol. The van der Waals surface area contributed by atoms with Gasteiger partial charge in [-0.3, -0.25) is 4.79 Å². The van der Waals surface area contributed by atoms with Crippen molar-refractivity contribution in [1.29, 1.82) is 0 Å². The molecule has 0 aliphatic carbocycles. The van der Waals surface area contributed by atoms with Gasteiger partial charge in [-0.05, 0) is 12.8 Å². The van der Waals surface area contributed by atoms with Crippen LogP contribution in [0.4, 0.5) is 0 Å². The van der Waals surface area contributed by atoms with E-state index in [2.05, 4.69) is 0 Å². The van der Waals surface area contributed by atoms with Crippen LogP contribution < -0.4 is 5.73 Å². The Morgan fingerprint density at radius 3 is 1.80 bits per heavy atom. The summed E-state index contributed by atoms with van der Waals surface area (Å²) in [6.07, 6.45) is 0. The zero-order chi connectivity index (χ0) is 8.31. The Hall–Kier alpha value is -0.570. The predicted octanol–water partition coefficient (Wildman–Crippen LogP) is 0.690. The molecule has 3 N–H and O–H groups in total. The summed E-state index contributed by atoms with van der Waals surface area (Å²) in [6, 6.07) is -0.266. The summed E-state index contributed by atoms with van der Waals surface area (Å²) >= 11 is 0. The summed E-state index contributed by atoms with van der Waals surface area (Å²) in [5.41, 5.74) is 5.46. The molecule has 0 aliphatic heterocycles. The molecule has 0 aromatic rings. The molecule has 2 atom stereocenters. The standard InChI is InChI=1S/C7H15NO2/c1-4(2)6(5(3)8)7(9)10/h4-6H,8H2,1-3H3,(H,9,10)/t5-,6+/m0/s1. The minimum absolute atomic E-state index is 0.109. The second-order valence-corrected chi connectivity index (χ2v) is 2.97. The van der Waals surface area contributed by atoms with E-state index in [1.807, 2.05) is 13.8 Å². The van der Waals surface area contributed by atoms with Crippen molar-refractivity contribution in [2.24, 2.45) is 17.6 Å². The molecule has 3 heteroatoms. The second-order valence-electron chi connectivity index (χ2n) is 2.97. The molecule has 0 aromatic carbocycles. The summed E-state index contributed by atoms with van der Waals surface area (Å²) in [5.74, 6) is -1.11. The van der Waals surface area contributed by atoms with Gasteiger partial charge < -0.3 is 10.8 Å². The Balaban J connectivity index is 4.12. The average Bonchev–Trinajstić information content (AvgIpc) is 1.59. The molecule has 0 heterocycles. The van der Waals surface area contributed by atoms with Gasteiger partial charge in [0.15, 0.2) is 0 Å². The number of carboxylic acid groups (broad SMARTS) is 1. The normalized spacial score (nSPS) is 16.9. The van der Waals surface area contributed by atoms with E-state index in [-0.39, 0.29) is 12.0 Å². The zero-order valence-corrected chi connectivity index (χ0v) is 6.66. The maximum atomic E-state index is 10.5. The minimum Gasteiger partial charge on any atom is -0.481 e. The van der Waals surface area contributed by atoms with Gasteiger partial charge in [-0.1, -0.05) is 13.8 Å². The molecule has 0 saturated heterocycles. The lowest BCUT2D eigenvalue weighted by atomic mass is 9.90. The summed E-state index contributed by atoms with van der Waals surface area (Å²) in [5, 5.41) is 8.63. The highest BCUT2D eigenvalue weighted by molar-refractivity contribution is 5.71. The van der Waals surface area contributed by atoms with Crippen molar-refractivity contribution in [3.8, 4) is 0 Å². The highest BCUT2D eigenvalue weighted by atomic mass is 16.4. The van der Waals surface area contributed by atoms with Crippen molar-refractivity contribution in [3.05, 3.63) is 0 Å². The van der Waals surface area contributed by atoms with Crippen LogP contribution >= 0.6 is 0 Å². The third kappa shape index (κ3) is 2.35. The number of hydrogen-bond acceptors (Lipinski definition) is 2. The first-order valence-electron chi connectivity index (χ1n) is 3.45. The van der Waals surface area contributed by atoms with Crippen LogP contribution in [0.15, 0.2) is 0 Å². The highest BCUT2D eigenvalue weighted by Gasteiger charge is 2.24. The molecule has 0 aliphatic rings. The first-order valence-corrected chi connectivity index (χ1v) is 3.45. The summed E-state index contributed by atoms with van der Waals surface area (Å²) in [7, 11) is 0. The van der Waals surface area contributed by atoms with Gasteiger partial charge in [0.2, 0.25) is 0 Å². The second kappa shape index (κ2) is 3.56. The van der Waals surface area contributed by atoms with Gasteiger partial charge in [-0.25, -0.2) is 0 Å². The highest BCUT2D eigenvalue weighted by Crippen LogP contribution is 2.13. The van der Waals surface area contributed by atoms with E-state index in [1.54, 1.807) is 6.92 Å². The molecule has 60 valence electrons. The Bertz CT molecular complexity index is 113. The molecule has 0 aromatic heterocycles. The average molecular weight is 145 g/mol. The van der Waals surface area contributed by atoms with Crippen LogP contribution in [0.3, 0.4) is 0 Å². The van der Waals surface area contributed by atoms with Crippen LogP contribution in [-0.4, -0.2) is 17.1 Å². The molecule has 3 nitrogen and oxygen atoms in total. The van der Waals surface area contributed by atoms with Crippen molar-refractivity contribution < 1.29 is 9.90 Å². The van der Waals surface area contributed by atoms with E-state index in [0.29, 0.717) is 0 Å². The van der Waals surface area contributed by atoms with Crippen LogP contribution in [-0.2, 0) is 4.79 Å². The lowest BCUT2D eigenvalue weighted by Crippen LogP contribution is -2.36. The largest absolute Gasteiger partial charge is 0.481 e. The van der Waals surface area contributed by atoms with Crippen molar-refractivity contribution in [3.63, 3.8) is 0 Å². The molecule has 0 radical (unpaired) electrons. The quantitative estimate of drug-likeness (QED) is 0.614. The molecule has 0 bridgehead atoms. The third-order valence-corrected chi connectivity index (χ3v) is 1.57. The van der Waals surface area contributed by atoms with Crippen LogP contribution in [0.5, 0.6) is 0 Å². The van der Waals surface area contributed by atoms with E-state index in [1.165, 1.54) is 0 Å². The number of aliphatic carboxylic acids is 1. The van der Waals surface area contributed by atoms with Crippen LogP contribution in [0.1, 0.15) is 20.8 Å². The Morgan fingerprint density at radius 1 is 1.40 bits per heavy atom. The molecule has 10 heavy (non-hydrogen) atoms. The molecule has 0 unspecified atom stereocenters. The molecule has 0 spiro atoms. The Morgan fingerprint density at radius 2 is 1.80 bits per heavy atom. The van der Waals surface area contributed by atoms with E-state index >= 15 is 0 Å². The van der Waals surface area contributed by atoms with E-state index in [0.717, 1.165) is 0 Å². The van der Waals surface area contributed by atoms with Crippen molar-refractivity contribution >= 4 is 5.97 Å². The number of carboxylic acids is 1. The maximum Gasteiger partial charge on any atom is 0.308 e. The summed E-state index contributed by atoms with van der Waals surface area (Å²) in [4.78, 5) is 10.5. The van der Waals surface area contributed by atoms with Gasteiger partial charge in [0.1, 0.15) is 0 Å². The van der Waals surface area contributed by atoms with Gasteiger partial charge in [0.25, 0.3) is 0 Å². The monoisotopic (exact) mass is 145 g/mol. The van der Waals surface area contributed by atoms with Gasteiger partial charge in [0, 0.05) is 6.04 Å². The first-order chi connectivity index (χ1) is 4.46. The lowest BCUT2D eigenvalue weighted by molar-refractivity contribution is -0.143. The number of carbonyl (C=O) groups is 1. The van der Waals surface area contributed by atoms with Crippen molar-refractivity contribution in [1.82, 2.24) is 0 Å². The maximum absolute atomic E-state index is 10.5. The topological polar surface area (TPSA) is 63.3 Å². The van der Waals surface area contributed by atoms with E-state index in [4.69, 9.17) is 10.8 Å². The van der Waals surface area contributed by atoms with E-state index in [9.17, 15) is 4.79 Å². The fraction of sp³-hybridized carbons (Fsp3) is 0.857. The van der Waals surface area contributed by atoms with Gasteiger partial charge in [-0.2, -0.15) is 0 Å². The summed E-state index contributed by atoms with van der Waals surface area (Å²) in [6.45, 7) is 5.45. The molecular weight excluding hydrogens is 130 g/mol. The number of hydrogen-bond donors (Lipinski definition) is 2. The van der Waals surface area contributed by atoms with Gasteiger partial charge in [0.05, 0.1) is 5.92 Å². The molecule has 0 rings (SSSR count). The van der Waals surface area contributed by atoms with Gasteiger partial charge in [-0.15, -0.1) is 0 Å². The Kier molecular flexibility index (Phi) is 3.36. The smallest absolute Gasteiger partial charge is 0.308 e. The minimum atomic E-state index is -0.801. The fourth-order valence-corrected chi connectivity index (χ4v) is 1.12. The van der Waals surface area contributed by atoms with Crippen LogP contribution in [0.2, 0.25) is 0 Å². The Labute approximate surface area is 61.2 Å². The molecular formula is C7H15NO2. The fourth-order valence-electron chi connectivity index (χ4n) is 1.12. The van der Waals surface area contributed by atoms with Crippen molar-refractivity contribution in [2.45, 2.75) is 26.8 Å². The lowest BCUT2D eigenvalue weighted by Gasteiger charge is -2.19. The van der Waals surface area contributed by atoms with Crippen LogP contribution in [0.25, 0.3) is 0 Å². The SMILES string of the molecule is CC(C)[C@@H](C(=O)O)[C@H](C)N. The summed E-state index contributed by atoms with van der Waals surface area (Å²) < 4.78 is 0. The van der Waals surface area contributed by atoms with Crippen molar-refractivity contribution in [2.75, 3.05) is 0 Å². The number of rotatable bonds is 3. The molecule has 0 amide bonds. The zero-order valence-electron chi connectivity index (χ0n) is 6.66. The number of nitrogens with two attached hydrogens (primary N) is 1. The van der Waals surface area contributed by atoms with Crippen LogP contribution in [0, 0.1) is 11.8 Å². The van der Waals surface area contributed by atoms with Gasteiger partial charge >= 0.3 is 5.97 Å². The first kappa shape index (κ1) is 9.43. The molecule has 0 fully saturated rings. The molecule has 0 saturated carbocycles. The van der Waals surface area contributed by atoms with E-state index < -0.39 is 11.9 Å². The third-order valence-electron chi connectivity index (χ3n) is 1.57.